The third-order valence-corrected chi connectivity index (χ3v) is 12.2. The average molecular weight is 537 g/mol. The highest BCUT2D eigenvalue weighted by Crippen LogP contribution is 2.34. The van der Waals surface area contributed by atoms with Gasteiger partial charge in [0.2, 0.25) is 0 Å². The highest BCUT2D eigenvalue weighted by Gasteiger charge is 2.24. The van der Waals surface area contributed by atoms with E-state index in [-0.39, 0.29) is 7.92 Å². The second-order valence-corrected chi connectivity index (χ2v) is 14.4. The standard InChI is InChI=1S/C34H38N2P2/c1-5-15-29(16-6-1)37(30-17-7-2-8-18-30)27-25-35-33-23-13-14-24-34(33)36-26-28-38(31-19-9-3-10-20-31)32-21-11-4-12-22-32/h1-12,15-22,25,33-34,36H,13-14,23-24,26-28H2/b35-25+. The van der Waals surface area contributed by atoms with Gasteiger partial charge < -0.3 is 5.32 Å². The second-order valence-electron chi connectivity index (χ2n) is 9.85. The summed E-state index contributed by atoms with van der Waals surface area (Å²) in [6.07, 6.45) is 9.40. The molecule has 0 amide bonds. The first kappa shape index (κ1) is 27.0. The molecule has 2 unspecified atom stereocenters. The maximum Gasteiger partial charge on any atom is 0.0648 e. The van der Waals surface area contributed by atoms with Crippen LogP contribution in [0.25, 0.3) is 0 Å². The van der Waals surface area contributed by atoms with Crippen molar-refractivity contribution >= 4 is 43.3 Å². The monoisotopic (exact) mass is 536 g/mol. The number of hydrogen-bond donors (Lipinski definition) is 1. The number of benzene rings is 4. The fourth-order valence-electron chi connectivity index (χ4n) is 5.35. The second kappa shape index (κ2) is 14.5. The fraction of sp³-hybridized carbons (Fsp3) is 0.265. The van der Waals surface area contributed by atoms with Gasteiger partial charge in [0.05, 0.1) is 6.04 Å². The molecule has 0 aromatic heterocycles. The Morgan fingerprint density at radius 3 is 1.55 bits per heavy atom. The normalized spacial score (nSPS) is 17.8. The van der Waals surface area contributed by atoms with Crippen LogP contribution in [0.4, 0.5) is 0 Å². The lowest BCUT2D eigenvalue weighted by Gasteiger charge is -2.30. The van der Waals surface area contributed by atoms with Gasteiger partial charge in [-0.2, -0.15) is 0 Å². The zero-order valence-electron chi connectivity index (χ0n) is 22.1. The Labute approximate surface area is 231 Å². The lowest BCUT2D eigenvalue weighted by molar-refractivity contribution is 0.336. The molecule has 194 valence electrons. The van der Waals surface area contributed by atoms with Gasteiger partial charge in [0.1, 0.15) is 0 Å². The van der Waals surface area contributed by atoms with Crippen LogP contribution in [0.5, 0.6) is 0 Å². The smallest absolute Gasteiger partial charge is 0.0648 e. The summed E-state index contributed by atoms with van der Waals surface area (Å²) >= 11 is 0. The van der Waals surface area contributed by atoms with E-state index in [0.29, 0.717) is 12.1 Å². The van der Waals surface area contributed by atoms with Gasteiger partial charge in [-0.1, -0.05) is 134 Å². The highest BCUT2D eigenvalue weighted by atomic mass is 31.1. The van der Waals surface area contributed by atoms with E-state index in [2.05, 4.69) is 133 Å². The molecule has 2 nitrogen and oxygen atoms in total. The molecule has 1 N–H and O–H groups in total. The van der Waals surface area contributed by atoms with Crippen LogP contribution in [0.2, 0.25) is 0 Å². The number of rotatable bonds is 11. The summed E-state index contributed by atoms with van der Waals surface area (Å²) in [6, 6.07) is 44.9. The third kappa shape index (κ3) is 7.48. The molecular weight excluding hydrogens is 498 g/mol. The summed E-state index contributed by atoms with van der Waals surface area (Å²) in [7, 11) is -0.792. The van der Waals surface area contributed by atoms with Gasteiger partial charge >= 0.3 is 0 Å². The Kier molecular flexibility index (Phi) is 10.3. The minimum atomic E-state index is -0.430. The molecule has 0 saturated heterocycles. The van der Waals surface area contributed by atoms with Crippen molar-refractivity contribution < 1.29 is 0 Å². The lowest BCUT2D eigenvalue weighted by atomic mass is 9.91. The van der Waals surface area contributed by atoms with Gasteiger partial charge in [-0.05, 0) is 56.1 Å². The van der Waals surface area contributed by atoms with E-state index < -0.39 is 7.92 Å². The maximum absolute atomic E-state index is 5.20. The Bertz CT molecular complexity index is 1150. The van der Waals surface area contributed by atoms with Crippen LogP contribution in [0.1, 0.15) is 25.7 Å². The number of nitrogens with one attached hydrogen (secondary N) is 1. The van der Waals surface area contributed by atoms with Crippen molar-refractivity contribution in [2.45, 2.75) is 37.8 Å². The Balaban J connectivity index is 1.23. The van der Waals surface area contributed by atoms with Crippen molar-refractivity contribution in [3.8, 4) is 0 Å². The Hall–Kier alpha value is -2.63. The van der Waals surface area contributed by atoms with Crippen LogP contribution in [0.15, 0.2) is 126 Å². The zero-order valence-corrected chi connectivity index (χ0v) is 23.9. The van der Waals surface area contributed by atoms with Gasteiger partial charge in [0.15, 0.2) is 0 Å². The molecule has 0 radical (unpaired) electrons. The van der Waals surface area contributed by atoms with E-state index in [0.717, 1.165) is 18.9 Å². The first-order valence-electron chi connectivity index (χ1n) is 13.9. The molecule has 0 heterocycles. The molecule has 1 aliphatic rings. The van der Waals surface area contributed by atoms with Crippen molar-refractivity contribution in [2.24, 2.45) is 4.99 Å². The molecule has 0 bridgehead atoms. The minimum Gasteiger partial charge on any atom is -0.311 e. The van der Waals surface area contributed by atoms with E-state index in [1.54, 1.807) is 0 Å². The van der Waals surface area contributed by atoms with E-state index in [4.69, 9.17) is 4.99 Å². The summed E-state index contributed by atoms with van der Waals surface area (Å²) in [5, 5.41) is 9.72. The first-order chi connectivity index (χ1) is 18.9. The predicted octanol–water partition coefficient (Wildman–Crippen LogP) is 6.22. The number of hydrogen-bond acceptors (Lipinski definition) is 2. The average Bonchev–Trinajstić information content (AvgIpc) is 3.00. The SMILES string of the molecule is C(/CP(c1ccccc1)c1ccccc1)=N\C1CCCCC1NCCP(c1ccccc1)c1ccccc1. The summed E-state index contributed by atoms with van der Waals surface area (Å²) in [4.78, 5) is 5.20. The van der Waals surface area contributed by atoms with E-state index in [1.807, 2.05) is 0 Å². The molecule has 4 aromatic carbocycles. The maximum atomic E-state index is 5.20. The van der Waals surface area contributed by atoms with Crippen LogP contribution in [-0.4, -0.2) is 37.2 Å². The molecule has 1 fully saturated rings. The Morgan fingerprint density at radius 2 is 1.05 bits per heavy atom. The summed E-state index contributed by atoms with van der Waals surface area (Å²) < 4.78 is 0. The van der Waals surface area contributed by atoms with Crippen molar-refractivity contribution in [2.75, 3.05) is 18.9 Å². The van der Waals surface area contributed by atoms with Crippen LogP contribution in [0.3, 0.4) is 0 Å². The largest absolute Gasteiger partial charge is 0.311 e. The molecule has 1 aliphatic carbocycles. The molecule has 38 heavy (non-hydrogen) atoms. The molecule has 0 spiro atoms. The summed E-state index contributed by atoms with van der Waals surface area (Å²) in [6.45, 7) is 1.03. The molecule has 4 heteroatoms. The topological polar surface area (TPSA) is 24.4 Å². The van der Waals surface area contributed by atoms with Crippen molar-refractivity contribution in [3.05, 3.63) is 121 Å². The number of aliphatic imine (C=N–C) groups is 1. The van der Waals surface area contributed by atoms with E-state index >= 15 is 0 Å². The van der Waals surface area contributed by atoms with Crippen LogP contribution < -0.4 is 26.5 Å². The molecule has 5 rings (SSSR count). The predicted molar refractivity (Wildman–Crippen MR) is 170 cm³/mol. The van der Waals surface area contributed by atoms with Crippen LogP contribution in [0, 0.1) is 0 Å². The number of nitrogens with zero attached hydrogens (tertiary/aromatic N) is 1. The summed E-state index contributed by atoms with van der Waals surface area (Å²) in [5.74, 6) is 0. The zero-order chi connectivity index (χ0) is 25.8. The van der Waals surface area contributed by atoms with Gasteiger partial charge in [0.25, 0.3) is 0 Å². The van der Waals surface area contributed by atoms with Crippen LogP contribution >= 0.6 is 15.8 Å². The minimum absolute atomic E-state index is 0.362. The molecule has 0 aliphatic heterocycles. The molecule has 2 atom stereocenters. The third-order valence-electron chi connectivity index (χ3n) is 7.30. The van der Waals surface area contributed by atoms with Crippen LogP contribution in [-0.2, 0) is 0 Å². The fourth-order valence-corrected chi connectivity index (χ4v) is 9.63. The first-order valence-corrected chi connectivity index (χ1v) is 16.9. The lowest BCUT2D eigenvalue weighted by Crippen LogP contribution is -2.42. The Morgan fingerprint density at radius 1 is 0.605 bits per heavy atom. The molecule has 4 aromatic rings. The van der Waals surface area contributed by atoms with E-state index in [1.165, 1.54) is 46.9 Å². The molecular formula is C34H38N2P2. The quantitative estimate of drug-likeness (QED) is 0.179. The van der Waals surface area contributed by atoms with Gasteiger partial charge in [-0.15, -0.1) is 0 Å². The van der Waals surface area contributed by atoms with Gasteiger partial charge in [0, 0.05) is 25.0 Å². The van der Waals surface area contributed by atoms with Crippen molar-refractivity contribution in [3.63, 3.8) is 0 Å². The van der Waals surface area contributed by atoms with Gasteiger partial charge in [-0.25, -0.2) is 0 Å². The molecule has 1 saturated carbocycles. The highest BCUT2D eigenvalue weighted by molar-refractivity contribution is 7.73. The van der Waals surface area contributed by atoms with Crippen molar-refractivity contribution in [1.82, 2.24) is 5.32 Å². The summed E-state index contributed by atoms with van der Waals surface area (Å²) in [5.41, 5.74) is 0. The van der Waals surface area contributed by atoms with Crippen molar-refractivity contribution in [1.29, 1.82) is 0 Å². The van der Waals surface area contributed by atoms with E-state index in [9.17, 15) is 0 Å². The van der Waals surface area contributed by atoms with Gasteiger partial charge in [-0.3, -0.25) is 4.99 Å².